The van der Waals surface area contributed by atoms with E-state index in [0.29, 0.717) is 39.5 Å². The molecule has 19 nitrogen and oxygen atoms in total. The van der Waals surface area contributed by atoms with E-state index in [4.69, 9.17) is 5.14 Å². The predicted molar refractivity (Wildman–Crippen MR) is 253 cm³/mol. The Morgan fingerprint density at radius 1 is 0.746 bits per heavy atom. The van der Waals surface area contributed by atoms with Gasteiger partial charge < -0.3 is 10.2 Å². The van der Waals surface area contributed by atoms with Gasteiger partial charge in [-0.25, -0.2) is 26.3 Å². The van der Waals surface area contributed by atoms with Crippen LogP contribution < -0.4 is 15.4 Å². The minimum Gasteiger partial charge on any atom is -0.352 e. The average Bonchev–Trinajstić information content (AvgIpc) is 3.55. The highest BCUT2D eigenvalue weighted by Gasteiger charge is 2.45. The number of fused-ring (bicyclic) bond motifs is 2. The highest BCUT2D eigenvalue weighted by molar-refractivity contribution is 7.89. The second kappa shape index (κ2) is 20.1. The van der Waals surface area contributed by atoms with Crippen LogP contribution in [0.4, 0.5) is 11.4 Å². The van der Waals surface area contributed by atoms with Crippen molar-refractivity contribution in [2.24, 2.45) is 5.14 Å². The molecule has 5 rings (SSSR count). The summed E-state index contributed by atoms with van der Waals surface area (Å²) in [6.07, 6.45) is 9.03. The van der Waals surface area contributed by atoms with Crippen molar-refractivity contribution in [2.45, 2.75) is 85.4 Å². The number of carbonyl (C=O) groups excluding carboxylic acids is 1. The van der Waals surface area contributed by atoms with Gasteiger partial charge in [0.2, 0.25) is 31.6 Å². The smallest absolute Gasteiger partial charge is 0.294 e. The van der Waals surface area contributed by atoms with Gasteiger partial charge in [-0.2, -0.15) is 29.8 Å². The second-order valence-electron chi connectivity index (χ2n) is 17.2. The molecule has 0 saturated heterocycles. The number of amides is 1. The van der Waals surface area contributed by atoms with E-state index in [0.717, 1.165) is 4.31 Å². The van der Waals surface area contributed by atoms with E-state index in [1.807, 2.05) is 37.2 Å². The number of nitrogens with two attached hydrogens (primary N) is 1. The van der Waals surface area contributed by atoms with E-state index in [-0.39, 0.29) is 72.5 Å². The molecule has 2 aliphatic rings. The molecule has 366 valence electrons. The zero-order valence-electron chi connectivity index (χ0n) is 37.5. The Balaban J connectivity index is 1.35. The number of benzene rings is 3. The van der Waals surface area contributed by atoms with E-state index in [9.17, 15) is 60.5 Å². The molecule has 3 aromatic carbocycles. The predicted octanol–water partition coefficient (Wildman–Crippen LogP) is 4.02. The van der Waals surface area contributed by atoms with Crippen LogP contribution in [0.2, 0.25) is 0 Å². The average molecular weight is 1030 g/mol. The van der Waals surface area contributed by atoms with Crippen molar-refractivity contribution in [2.75, 3.05) is 43.1 Å². The molecule has 0 radical (unpaired) electrons. The molecule has 24 heteroatoms. The molecule has 0 bridgehead atoms. The van der Waals surface area contributed by atoms with Crippen molar-refractivity contribution >= 4 is 73.4 Å². The van der Waals surface area contributed by atoms with Crippen LogP contribution in [0.25, 0.3) is 0 Å². The summed E-state index contributed by atoms with van der Waals surface area (Å²) in [5, 5.41) is 7.85. The van der Waals surface area contributed by atoms with Crippen molar-refractivity contribution in [3.63, 3.8) is 0 Å². The van der Waals surface area contributed by atoms with Gasteiger partial charge in [-0.1, -0.05) is 44.2 Å². The fraction of sp³-hybridized carbons (Fsp3) is 0.395. The van der Waals surface area contributed by atoms with E-state index < -0.39 is 72.7 Å². The largest absolute Gasteiger partial charge is 0.352 e. The third-order valence-electron chi connectivity index (χ3n) is 11.6. The number of sulfonamides is 2. The zero-order chi connectivity index (χ0) is 50.0. The standard InChI is InChI=1S/C43H55N5O14S5/c1-42(2)35-28-33(66(58,59)46(5)23-9-14-41(49)45-30-31-15-17-32(18-16-31)65(44,56)57)19-21-37(35)47(24-10-26-63(50,51)52)39(42)12-7-6-8-13-40-43(3,4)36-29-34(67(60,61)62)20-22-38(36)48(40)25-11-27-64(53,54)55/h6-8,12-13,15-22,28-29H,9-11,14,23-27,30H2,1-5H3,(H5-,44,45,49,50,51,52,53,54,55,56,57,60,61,62)/p+1. The Labute approximate surface area is 393 Å². The molecule has 0 aromatic heterocycles. The lowest BCUT2D eigenvalue weighted by Crippen LogP contribution is -2.30. The van der Waals surface area contributed by atoms with Gasteiger partial charge in [0.1, 0.15) is 6.54 Å². The SMILES string of the molecule is CN(CCCC(=O)NCc1ccc(S(N)(=O)=O)cc1)S(=O)(=O)c1ccc2c(c1)C(C)(C)C(/C=C/C=CC=C1N(CCCS(=O)(=O)O)c3ccc(S(=O)(=O)O)cc3C1(C)C)=[N+]2CCCS(=O)(=O)O. The molecular weight excluding hydrogens is 971 g/mol. The number of primary sulfonamides is 1. The molecule has 0 spiro atoms. The number of hydrogen-bond donors (Lipinski definition) is 5. The van der Waals surface area contributed by atoms with Gasteiger partial charge in [-0.05, 0) is 86.4 Å². The highest BCUT2D eigenvalue weighted by atomic mass is 32.2. The molecular formula is C43H56N5O14S5+. The van der Waals surface area contributed by atoms with E-state index in [1.54, 1.807) is 42.5 Å². The van der Waals surface area contributed by atoms with Crippen molar-refractivity contribution in [1.29, 1.82) is 0 Å². The first-order valence-electron chi connectivity index (χ1n) is 20.8. The lowest BCUT2D eigenvalue weighted by atomic mass is 9.81. The molecule has 0 saturated carbocycles. The van der Waals surface area contributed by atoms with Gasteiger partial charge in [-0.3, -0.25) is 18.5 Å². The van der Waals surface area contributed by atoms with Crippen LogP contribution >= 0.6 is 0 Å². The summed E-state index contributed by atoms with van der Waals surface area (Å²) in [5.74, 6) is -1.36. The minimum atomic E-state index is -4.54. The highest BCUT2D eigenvalue weighted by Crippen LogP contribution is 2.48. The Bertz CT molecular complexity index is 3110. The van der Waals surface area contributed by atoms with Gasteiger partial charge >= 0.3 is 0 Å². The van der Waals surface area contributed by atoms with Crippen LogP contribution in [-0.2, 0) is 72.6 Å². The molecule has 0 fully saturated rings. The molecule has 0 unspecified atom stereocenters. The summed E-state index contributed by atoms with van der Waals surface area (Å²) >= 11 is 0. The van der Waals surface area contributed by atoms with Crippen LogP contribution in [-0.4, -0.2) is 114 Å². The van der Waals surface area contributed by atoms with Crippen LogP contribution in [0.3, 0.4) is 0 Å². The lowest BCUT2D eigenvalue weighted by molar-refractivity contribution is -0.437. The quantitative estimate of drug-likeness (QED) is 0.0572. The fourth-order valence-corrected chi connectivity index (χ4v) is 11.4. The summed E-state index contributed by atoms with van der Waals surface area (Å²) in [6, 6.07) is 14.5. The molecule has 2 heterocycles. The normalized spacial score (nSPS) is 17.0. The fourth-order valence-electron chi connectivity index (χ4n) is 8.13. The molecule has 2 aliphatic heterocycles. The molecule has 6 N–H and O–H groups in total. The van der Waals surface area contributed by atoms with Crippen LogP contribution in [0.15, 0.2) is 111 Å². The molecule has 0 aliphatic carbocycles. The van der Waals surface area contributed by atoms with Gasteiger partial charge in [0.05, 0.1) is 31.6 Å². The van der Waals surface area contributed by atoms with Crippen molar-refractivity contribution < 1.29 is 65.1 Å². The van der Waals surface area contributed by atoms with Crippen molar-refractivity contribution in [1.82, 2.24) is 9.62 Å². The lowest BCUT2D eigenvalue weighted by Gasteiger charge is -2.27. The monoisotopic (exact) mass is 1030 g/mol. The number of carbonyl (C=O) groups is 1. The van der Waals surface area contributed by atoms with E-state index >= 15 is 0 Å². The topological polar surface area (TPSA) is 296 Å². The number of nitrogens with zero attached hydrogens (tertiary/aromatic N) is 3. The van der Waals surface area contributed by atoms with Crippen LogP contribution in [0.5, 0.6) is 0 Å². The Hall–Kier alpha value is -4.63. The maximum absolute atomic E-state index is 13.9. The molecule has 1 amide bonds. The van der Waals surface area contributed by atoms with Crippen molar-refractivity contribution in [3.05, 3.63) is 113 Å². The van der Waals surface area contributed by atoms with Gasteiger partial charge in [-0.15, -0.1) is 0 Å². The summed E-state index contributed by atoms with van der Waals surface area (Å²) in [7, 11) is -19.6. The third kappa shape index (κ3) is 13.1. The summed E-state index contributed by atoms with van der Waals surface area (Å²) in [5.41, 5.74) is 2.74. The number of anilines is 1. The number of allylic oxidation sites excluding steroid dienone is 6. The first kappa shape index (κ1) is 53.3. The molecule has 3 aromatic rings. The van der Waals surface area contributed by atoms with Crippen LogP contribution in [0, 0.1) is 0 Å². The third-order valence-corrected chi connectivity index (χ3v) is 16.9. The zero-order valence-corrected chi connectivity index (χ0v) is 41.6. The van der Waals surface area contributed by atoms with E-state index in [1.165, 1.54) is 55.6 Å². The molecule has 0 atom stereocenters. The summed E-state index contributed by atoms with van der Waals surface area (Å²) < 4.78 is 153. The summed E-state index contributed by atoms with van der Waals surface area (Å²) in [6.45, 7) is 7.89. The first-order chi connectivity index (χ1) is 30.8. The first-order valence-corrected chi connectivity index (χ1v) is 28.5. The minimum absolute atomic E-state index is 0.00567. The van der Waals surface area contributed by atoms with Gasteiger partial charge in [0.15, 0.2) is 5.71 Å². The van der Waals surface area contributed by atoms with Gasteiger partial charge in [0.25, 0.3) is 30.4 Å². The number of rotatable bonds is 21. The summed E-state index contributed by atoms with van der Waals surface area (Å²) in [4.78, 5) is 14.0. The van der Waals surface area contributed by atoms with Gasteiger partial charge in [0, 0.05) is 74.0 Å². The van der Waals surface area contributed by atoms with Crippen molar-refractivity contribution in [3.8, 4) is 0 Å². The maximum atomic E-state index is 13.9. The van der Waals surface area contributed by atoms with E-state index in [2.05, 4.69) is 5.32 Å². The maximum Gasteiger partial charge on any atom is 0.294 e. The Morgan fingerprint density at radius 2 is 1.34 bits per heavy atom. The molecule has 67 heavy (non-hydrogen) atoms. The Morgan fingerprint density at radius 3 is 1.96 bits per heavy atom. The second-order valence-corrected chi connectivity index (χ2v) is 25.4. The van der Waals surface area contributed by atoms with Crippen LogP contribution in [0.1, 0.15) is 70.1 Å². The number of hydrogen-bond acceptors (Lipinski definition) is 12. The number of nitrogens with one attached hydrogen (secondary N) is 1. The Kier molecular flexibility index (Phi) is 16.0.